The average Bonchev–Trinajstić information content (AvgIpc) is 2.09. The van der Waals surface area contributed by atoms with Gasteiger partial charge in [-0.1, -0.05) is 0 Å². The molecule has 0 bridgehead atoms. The van der Waals surface area contributed by atoms with Crippen molar-refractivity contribution in [2.75, 3.05) is 6.54 Å². The van der Waals surface area contributed by atoms with Crippen molar-refractivity contribution >= 4 is 0 Å². The summed E-state index contributed by atoms with van der Waals surface area (Å²) in [5.74, 6) is -0.325. The molecule has 0 saturated carbocycles. The number of hydrogen-bond acceptors (Lipinski definition) is 4. The van der Waals surface area contributed by atoms with Gasteiger partial charge in [0.2, 0.25) is 0 Å². The van der Waals surface area contributed by atoms with Gasteiger partial charge in [0.05, 0.1) is 6.10 Å². The number of rotatable bonds is 0. The van der Waals surface area contributed by atoms with Gasteiger partial charge in [-0.25, -0.2) is 0 Å². The van der Waals surface area contributed by atoms with E-state index in [4.69, 9.17) is 0 Å². The van der Waals surface area contributed by atoms with E-state index in [0.717, 1.165) is 5.56 Å². The molecule has 1 aliphatic rings. The molecule has 1 heterocycles. The van der Waals surface area contributed by atoms with Crippen molar-refractivity contribution in [3.05, 3.63) is 23.3 Å². The van der Waals surface area contributed by atoms with E-state index < -0.39 is 6.10 Å². The van der Waals surface area contributed by atoms with Crippen LogP contribution in [-0.2, 0) is 6.54 Å². The number of phenols is 2. The first-order valence-electron chi connectivity index (χ1n) is 4.12. The Balaban J connectivity index is 2.52. The van der Waals surface area contributed by atoms with Gasteiger partial charge in [-0.3, -0.25) is 0 Å². The zero-order valence-corrected chi connectivity index (χ0v) is 6.99. The number of benzene rings is 1. The lowest BCUT2D eigenvalue weighted by Crippen LogP contribution is -2.27. The standard InChI is InChI=1S/C9H11NO3/c11-7-1-5-3-10-4-9(13)6(5)2-8(7)12/h1-2,9-13H,3-4H2/t9-/m0/s1. The molecule has 70 valence electrons. The molecule has 2 rings (SSSR count). The molecular weight excluding hydrogens is 170 g/mol. The van der Waals surface area contributed by atoms with Gasteiger partial charge in [0.1, 0.15) is 0 Å². The molecule has 4 N–H and O–H groups in total. The first-order valence-corrected chi connectivity index (χ1v) is 4.12. The molecule has 0 amide bonds. The van der Waals surface area contributed by atoms with E-state index in [1.165, 1.54) is 12.1 Å². The van der Waals surface area contributed by atoms with Crippen LogP contribution in [0.5, 0.6) is 11.5 Å². The van der Waals surface area contributed by atoms with Gasteiger partial charge in [0, 0.05) is 13.1 Å². The van der Waals surface area contributed by atoms with Crippen molar-refractivity contribution < 1.29 is 15.3 Å². The predicted molar refractivity (Wildman–Crippen MR) is 46.4 cm³/mol. The van der Waals surface area contributed by atoms with Crippen LogP contribution in [0.25, 0.3) is 0 Å². The van der Waals surface area contributed by atoms with E-state index >= 15 is 0 Å². The second kappa shape index (κ2) is 2.90. The van der Waals surface area contributed by atoms with E-state index in [-0.39, 0.29) is 11.5 Å². The number of fused-ring (bicyclic) bond motifs is 1. The van der Waals surface area contributed by atoms with Gasteiger partial charge in [-0.2, -0.15) is 0 Å². The van der Waals surface area contributed by atoms with Gasteiger partial charge in [-0.05, 0) is 23.3 Å². The minimum absolute atomic E-state index is 0.144. The third-order valence-corrected chi connectivity index (χ3v) is 2.25. The number of phenolic OH excluding ortho intramolecular Hbond substituents is 2. The Labute approximate surface area is 75.5 Å². The van der Waals surface area contributed by atoms with Crippen LogP contribution in [0.3, 0.4) is 0 Å². The molecule has 4 heteroatoms. The lowest BCUT2D eigenvalue weighted by molar-refractivity contribution is 0.164. The lowest BCUT2D eigenvalue weighted by Gasteiger charge is -2.22. The van der Waals surface area contributed by atoms with Crippen LogP contribution in [-0.4, -0.2) is 21.9 Å². The summed E-state index contributed by atoms with van der Waals surface area (Å²) in [6.07, 6.45) is -0.602. The fraction of sp³-hybridized carbons (Fsp3) is 0.333. The van der Waals surface area contributed by atoms with Gasteiger partial charge >= 0.3 is 0 Å². The number of aromatic hydroxyl groups is 2. The number of nitrogens with one attached hydrogen (secondary N) is 1. The quantitative estimate of drug-likeness (QED) is 0.432. The Morgan fingerprint density at radius 1 is 1.23 bits per heavy atom. The van der Waals surface area contributed by atoms with Crippen LogP contribution in [0.1, 0.15) is 17.2 Å². The van der Waals surface area contributed by atoms with Crippen molar-refractivity contribution in [3.63, 3.8) is 0 Å². The lowest BCUT2D eigenvalue weighted by atomic mass is 9.98. The highest BCUT2D eigenvalue weighted by Crippen LogP contribution is 2.32. The van der Waals surface area contributed by atoms with Crippen LogP contribution < -0.4 is 5.32 Å². The van der Waals surface area contributed by atoms with E-state index in [0.29, 0.717) is 18.7 Å². The van der Waals surface area contributed by atoms with Crippen molar-refractivity contribution in [3.8, 4) is 11.5 Å². The highest BCUT2D eigenvalue weighted by atomic mass is 16.3. The third kappa shape index (κ3) is 1.34. The SMILES string of the molecule is Oc1cc2c(cc1O)[C@@H](O)CNC2. The van der Waals surface area contributed by atoms with Crippen molar-refractivity contribution in [1.29, 1.82) is 0 Å². The Hall–Kier alpha value is -1.26. The first-order chi connectivity index (χ1) is 6.18. The van der Waals surface area contributed by atoms with Gasteiger partial charge < -0.3 is 20.6 Å². The summed E-state index contributed by atoms with van der Waals surface area (Å²) >= 11 is 0. The maximum absolute atomic E-state index is 9.52. The molecular formula is C9H11NO3. The largest absolute Gasteiger partial charge is 0.504 e. The Bertz CT molecular complexity index is 338. The number of β-amino-alcohol motifs (C(OH)–C–C–N with tert-alkyl or cyclic N) is 1. The summed E-state index contributed by atoms with van der Waals surface area (Å²) in [7, 11) is 0. The van der Waals surface area contributed by atoms with Crippen LogP contribution >= 0.6 is 0 Å². The fourth-order valence-corrected chi connectivity index (χ4v) is 1.55. The molecule has 1 atom stereocenters. The van der Waals surface area contributed by atoms with Crippen molar-refractivity contribution in [2.24, 2.45) is 0 Å². The molecule has 0 aliphatic carbocycles. The smallest absolute Gasteiger partial charge is 0.157 e. The first kappa shape index (κ1) is 8.34. The highest BCUT2D eigenvalue weighted by molar-refractivity contribution is 5.47. The zero-order valence-electron chi connectivity index (χ0n) is 6.99. The monoisotopic (exact) mass is 181 g/mol. The third-order valence-electron chi connectivity index (χ3n) is 2.25. The normalized spacial score (nSPS) is 21.2. The Kier molecular flexibility index (Phi) is 1.86. The highest BCUT2D eigenvalue weighted by Gasteiger charge is 2.19. The maximum atomic E-state index is 9.52. The summed E-state index contributed by atoms with van der Waals surface area (Å²) in [5, 5.41) is 30.9. The van der Waals surface area contributed by atoms with E-state index in [2.05, 4.69) is 5.32 Å². The Morgan fingerprint density at radius 3 is 2.69 bits per heavy atom. The summed E-state index contributed by atoms with van der Waals surface area (Å²) in [6.45, 7) is 1.09. The van der Waals surface area contributed by atoms with Crippen LogP contribution in [0.15, 0.2) is 12.1 Å². The molecule has 0 radical (unpaired) electrons. The second-order valence-electron chi connectivity index (χ2n) is 3.19. The molecule has 4 nitrogen and oxygen atoms in total. The van der Waals surface area contributed by atoms with E-state index in [9.17, 15) is 15.3 Å². The van der Waals surface area contributed by atoms with Crippen LogP contribution in [0.2, 0.25) is 0 Å². The van der Waals surface area contributed by atoms with Crippen LogP contribution in [0.4, 0.5) is 0 Å². The Morgan fingerprint density at radius 2 is 1.92 bits per heavy atom. The molecule has 0 aromatic heterocycles. The number of aliphatic hydroxyl groups is 1. The molecule has 0 fully saturated rings. The summed E-state index contributed by atoms with van der Waals surface area (Å²) in [5.41, 5.74) is 1.52. The summed E-state index contributed by atoms with van der Waals surface area (Å²) in [6, 6.07) is 2.89. The van der Waals surface area contributed by atoms with Crippen LogP contribution in [0, 0.1) is 0 Å². The van der Waals surface area contributed by atoms with Gasteiger partial charge in [-0.15, -0.1) is 0 Å². The predicted octanol–water partition coefficient (Wildman–Crippen LogP) is 0.234. The van der Waals surface area contributed by atoms with Crippen molar-refractivity contribution in [1.82, 2.24) is 5.32 Å². The van der Waals surface area contributed by atoms with Gasteiger partial charge in [0.25, 0.3) is 0 Å². The van der Waals surface area contributed by atoms with Crippen molar-refractivity contribution in [2.45, 2.75) is 12.6 Å². The minimum atomic E-state index is -0.602. The topological polar surface area (TPSA) is 72.7 Å². The average molecular weight is 181 g/mol. The second-order valence-corrected chi connectivity index (χ2v) is 3.19. The summed E-state index contributed by atoms with van der Waals surface area (Å²) in [4.78, 5) is 0. The molecule has 1 aromatic rings. The van der Waals surface area contributed by atoms with E-state index in [1.807, 2.05) is 0 Å². The molecule has 0 spiro atoms. The number of aliphatic hydroxyl groups excluding tert-OH is 1. The zero-order chi connectivity index (χ0) is 9.42. The molecule has 0 saturated heterocycles. The summed E-state index contributed by atoms with van der Waals surface area (Å²) < 4.78 is 0. The molecule has 13 heavy (non-hydrogen) atoms. The fourth-order valence-electron chi connectivity index (χ4n) is 1.55. The molecule has 1 aromatic carbocycles. The number of hydrogen-bond donors (Lipinski definition) is 4. The maximum Gasteiger partial charge on any atom is 0.157 e. The molecule has 1 aliphatic heterocycles. The van der Waals surface area contributed by atoms with E-state index in [1.54, 1.807) is 0 Å². The molecule has 0 unspecified atom stereocenters. The van der Waals surface area contributed by atoms with Gasteiger partial charge in [0.15, 0.2) is 11.5 Å². The minimum Gasteiger partial charge on any atom is -0.504 e.